The number of hydrogen-bond donors (Lipinski definition) is 1. The largest absolute Gasteiger partial charge is 0.401 e. The molecule has 0 radical (unpaired) electrons. The number of aromatic nitrogens is 3. The highest BCUT2D eigenvalue weighted by Gasteiger charge is 2.28. The van der Waals surface area contributed by atoms with E-state index in [0.29, 0.717) is 22.8 Å². The number of nitrogens with zero attached hydrogens (tertiary/aromatic N) is 4. The lowest BCUT2D eigenvalue weighted by Gasteiger charge is -2.18. The highest BCUT2D eigenvalue weighted by Crippen LogP contribution is 2.16. The molecule has 142 valence electrons. The van der Waals surface area contributed by atoms with Crippen LogP contribution >= 0.6 is 11.6 Å². The number of carbonyl (C=O) groups is 1. The van der Waals surface area contributed by atoms with Crippen LogP contribution in [-0.4, -0.2) is 58.7 Å². The molecule has 2 rings (SSSR count). The van der Waals surface area contributed by atoms with Crippen molar-refractivity contribution in [2.24, 2.45) is 0 Å². The molecule has 0 spiro atoms. The van der Waals surface area contributed by atoms with Crippen LogP contribution in [0.4, 0.5) is 13.2 Å². The summed E-state index contributed by atoms with van der Waals surface area (Å²) in [7, 11) is 1.38. The van der Waals surface area contributed by atoms with Crippen molar-refractivity contribution >= 4 is 17.5 Å². The minimum atomic E-state index is -4.23. The number of carbonyl (C=O) groups excluding carboxylic acids is 1. The smallest absolute Gasteiger partial charge is 0.351 e. The summed E-state index contributed by atoms with van der Waals surface area (Å²) >= 11 is 5.93. The molecule has 10 heteroatoms. The van der Waals surface area contributed by atoms with E-state index >= 15 is 0 Å². The van der Waals surface area contributed by atoms with Gasteiger partial charge in [-0.15, -0.1) is 5.10 Å². The lowest BCUT2D eigenvalue weighted by Crippen LogP contribution is -2.34. The third kappa shape index (κ3) is 5.99. The molecule has 1 amide bonds. The minimum absolute atomic E-state index is 0.161. The SMILES string of the molecule is Cc1nn(-c2cccc(Cl)c2)nc1C(=O)NCCCN(C)CC(F)(F)F. The predicted octanol–water partition coefficient (Wildman–Crippen LogP) is 2.84. The van der Waals surface area contributed by atoms with Gasteiger partial charge in [0.2, 0.25) is 0 Å². The third-order valence-electron chi connectivity index (χ3n) is 3.49. The number of benzene rings is 1. The van der Waals surface area contributed by atoms with Gasteiger partial charge in [-0.1, -0.05) is 17.7 Å². The molecule has 6 nitrogen and oxygen atoms in total. The van der Waals surface area contributed by atoms with Gasteiger partial charge in [0.25, 0.3) is 5.91 Å². The van der Waals surface area contributed by atoms with Crippen molar-refractivity contribution in [2.45, 2.75) is 19.5 Å². The van der Waals surface area contributed by atoms with E-state index in [4.69, 9.17) is 11.6 Å². The van der Waals surface area contributed by atoms with Crippen LogP contribution in [0.15, 0.2) is 24.3 Å². The van der Waals surface area contributed by atoms with Gasteiger partial charge in [-0.2, -0.15) is 23.1 Å². The fraction of sp³-hybridized carbons (Fsp3) is 0.438. The summed E-state index contributed by atoms with van der Waals surface area (Å²) in [5.74, 6) is -0.422. The Balaban J connectivity index is 1.88. The van der Waals surface area contributed by atoms with Crippen LogP contribution in [0, 0.1) is 6.92 Å². The lowest BCUT2D eigenvalue weighted by atomic mass is 10.3. The summed E-state index contributed by atoms with van der Waals surface area (Å²) < 4.78 is 36.7. The fourth-order valence-electron chi connectivity index (χ4n) is 2.32. The van der Waals surface area contributed by atoms with E-state index < -0.39 is 18.6 Å². The Labute approximate surface area is 153 Å². The van der Waals surface area contributed by atoms with Gasteiger partial charge in [-0.05, 0) is 45.1 Å². The van der Waals surface area contributed by atoms with Gasteiger partial charge in [-0.3, -0.25) is 9.69 Å². The number of alkyl halides is 3. The van der Waals surface area contributed by atoms with Crippen LogP contribution in [0.1, 0.15) is 22.6 Å². The maximum absolute atomic E-state index is 12.2. The van der Waals surface area contributed by atoms with Gasteiger partial charge in [-0.25, -0.2) is 0 Å². The molecule has 0 aliphatic carbocycles. The average Bonchev–Trinajstić information content (AvgIpc) is 2.92. The number of hydrogen-bond acceptors (Lipinski definition) is 4. The van der Waals surface area contributed by atoms with Crippen LogP contribution in [0.2, 0.25) is 5.02 Å². The van der Waals surface area contributed by atoms with E-state index in [-0.39, 0.29) is 18.8 Å². The second-order valence-electron chi connectivity index (χ2n) is 5.87. The molecule has 0 fully saturated rings. The van der Waals surface area contributed by atoms with Crippen LogP contribution in [0.3, 0.4) is 0 Å². The van der Waals surface area contributed by atoms with Crippen LogP contribution in [-0.2, 0) is 0 Å². The zero-order valence-electron chi connectivity index (χ0n) is 14.3. The normalized spacial score (nSPS) is 11.8. The van der Waals surface area contributed by atoms with Crippen LogP contribution in [0.25, 0.3) is 5.69 Å². The van der Waals surface area contributed by atoms with Crippen molar-refractivity contribution in [3.05, 3.63) is 40.7 Å². The topological polar surface area (TPSA) is 63.1 Å². The molecule has 0 saturated carbocycles. The molecular formula is C16H19ClF3N5O. The molecule has 0 unspecified atom stereocenters. The van der Waals surface area contributed by atoms with Gasteiger partial charge in [0.1, 0.15) is 0 Å². The van der Waals surface area contributed by atoms with Crippen LogP contribution in [0.5, 0.6) is 0 Å². The Morgan fingerprint density at radius 3 is 2.73 bits per heavy atom. The molecule has 2 aromatic rings. The van der Waals surface area contributed by atoms with Crippen molar-refractivity contribution in [3.8, 4) is 5.69 Å². The number of rotatable bonds is 7. The summed E-state index contributed by atoms with van der Waals surface area (Å²) in [5.41, 5.74) is 1.22. The van der Waals surface area contributed by atoms with Crippen molar-refractivity contribution in [1.29, 1.82) is 0 Å². The Hall–Kier alpha value is -2.13. The number of halogens is 4. The van der Waals surface area contributed by atoms with E-state index in [1.807, 2.05) is 0 Å². The fourth-order valence-corrected chi connectivity index (χ4v) is 2.51. The zero-order chi connectivity index (χ0) is 19.3. The first-order chi connectivity index (χ1) is 12.2. The molecule has 0 saturated heterocycles. The van der Waals surface area contributed by atoms with E-state index in [1.165, 1.54) is 11.8 Å². The molecule has 26 heavy (non-hydrogen) atoms. The van der Waals surface area contributed by atoms with Gasteiger partial charge in [0.15, 0.2) is 5.69 Å². The van der Waals surface area contributed by atoms with Gasteiger partial charge in [0, 0.05) is 11.6 Å². The second kappa shape index (κ2) is 8.50. The molecule has 0 bridgehead atoms. The van der Waals surface area contributed by atoms with Gasteiger partial charge < -0.3 is 5.32 Å². The predicted molar refractivity (Wildman–Crippen MR) is 91.6 cm³/mol. The van der Waals surface area contributed by atoms with Gasteiger partial charge in [0.05, 0.1) is 17.9 Å². The minimum Gasteiger partial charge on any atom is -0.351 e. The van der Waals surface area contributed by atoms with Crippen molar-refractivity contribution in [1.82, 2.24) is 25.2 Å². The highest BCUT2D eigenvalue weighted by atomic mass is 35.5. The third-order valence-corrected chi connectivity index (χ3v) is 3.72. The summed E-state index contributed by atoms with van der Waals surface area (Å²) in [6.07, 6.45) is -3.84. The van der Waals surface area contributed by atoms with Crippen molar-refractivity contribution < 1.29 is 18.0 Å². The molecule has 1 aromatic carbocycles. The summed E-state index contributed by atoms with van der Waals surface area (Å²) in [6, 6.07) is 6.88. The Bertz CT molecular complexity index is 763. The lowest BCUT2D eigenvalue weighted by molar-refractivity contribution is -0.143. The van der Waals surface area contributed by atoms with Gasteiger partial charge >= 0.3 is 6.18 Å². The second-order valence-corrected chi connectivity index (χ2v) is 6.30. The summed E-state index contributed by atoms with van der Waals surface area (Å²) in [4.78, 5) is 14.7. The molecule has 0 aliphatic rings. The monoisotopic (exact) mass is 389 g/mol. The van der Waals surface area contributed by atoms with E-state index in [1.54, 1.807) is 31.2 Å². The van der Waals surface area contributed by atoms with E-state index in [2.05, 4.69) is 15.5 Å². The number of amides is 1. The first kappa shape index (κ1) is 20.2. The average molecular weight is 390 g/mol. The molecule has 0 aliphatic heterocycles. The molecule has 0 atom stereocenters. The quantitative estimate of drug-likeness (QED) is 0.740. The Kier molecular flexibility index (Phi) is 6.60. The van der Waals surface area contributed by atoms with E-state index in [0.717, 1.165) is 4.90 Å². The van der Waals surface area contributed by atoms with Crippen molar-refractivity contribution in [2.75, 3.05) is 26.7 Å². The molecule has 1 aromatic heterocycles. The molecular weight excluding hydrogens is 371 g/mol. The zero-order valence-corrected chi connectivity index (χ0v) is 15.1. The first-order valence-corrected chi connectivity index (χ1v) is 8.27. The maximum atomic E-state index is 12.2. The molecule has 1 N–H and O–H groups in total. The number of nitrogens with one attached hydrogen (secondary N) is 1. The Morgan fingerprint density at radius 1 is 1.35 bits per heavy atom. The number of aryl methyl sites for hydroxylation is 1. The highest BCUT2D eigenvalue weighted by molar-refractivity contribution is 6.30. The summed E-state index contributed by atoms with van der Waals surface area (Å²) in [5, 5.41) is 11.5. The van der Waals surface area contributed by atoms with E-state index in [9.17, 15) is 18.0 Å². The molecule has 1 heterocycles. The first-order valence-electron chi connectivity index (χ1n) is 7.89. The van der Waals surface area contributed by atoms with Crippen LogP contribution < -0.4 is 5.32 Å². The standard InChI is InChI=1S/C16H19ClF3N5O/c1-11-14(23-25(22-11)13-6-3-5-12(17)9-13)15(26)21-7-4-8-24(2)10-16(18,19)20/h3,5-6,9H,4,7-8,10H2,1-2H3,(H,21,26). The summed E-state index contributed by atoms with van der Waals surface area (Å²) in [6.45, 7) is 1.13. The maximum Gasteiger partial charge on any atom is 0.401 e. The Morgan fingerprint density at radius 2 is 2.08 bits per heavy atom. The van der Waals surface area contributed by atoms with Crippen molar-refractivity contribution in [3.63, 3.8) is 0 Å².